The fraction of sp³-hybridized carbons (Fsp3) is 0.333. The Bertz CT molecular complexity index is 348. The molecule has 5 nitrogen and oxygen atoms in total. The van der Waals surface area contributed by atoms with Gasteiger partial charge in [-0.3, -0.25) is 4.98 Å². The Morgan fingerprint density at radius 3 is 2.79 bits per heavy atom. The lowest BCUT2D eigenvalue weighted by molar-refractivity contribution is -0.0174. The van der Waals surface area contributed by atoms with Crippen molar-refractivity contribution in [3.8, 4) is 6.07 Å². The molecule has 0 amide bonds. The van der Waals surface area contributed by atoms with Crippen LogP contribution in [0, 0.1) is 11.3 Å². The summed E-state index contributed by atoms with van der Waals surface area (Å²) in [6, 6.07) is 4.88. The highest BCUT2D eigenvalue weighted by molar-refractivity contribution is 5.34. The number of hydrogen-bond acceptors (Lipinski definition) is 5. The van der Waals surface area contributed by atoms with Gasteiger partial charge in [0, 0.05) is 6.20 Å². The molecule has 5 heteroatoms. The third kappa shape index (κ3) is 2.06. The highest BCUT2D eigenvalue weighted by atomic mass is 16.4. The summed E-state index contributed by atoms with van der Waals surface area (Å²) in [5.41, 5.74) is 0.268. The zero-order chi connectivity index (χ0) is 10.6. The molecule has 0 radical (unpaired) electrons. The molecule has 74 valence electrons. The first-order valence-electron chi connectivity index (χ1n) is 4.02. The summed E-state index contributed by atoms with van der Waals surface area (Å²) in [7, 11) is 0. The minimum absolute atomic E-state index is 0.0801. The van der Waals surface area contributed by atoms with Crippen molar-refractivity contribution in [1.29, 1.82) is 5.26 Å². The molecule has 3 N–H and O–H groups in total. The van der Waals surface area contributed by atoms with Crippen LogP contribution in [0.5, 0.6) is 0 Å². The summed E-state index contributed by atoms with van der Waals surface area (Å²) in [4.78, 5) is 3.77. The van der Waals surface area contributed by atoms with E-state index in [0.29, 0.717) is 0 Å². The van der Waals surface area contributed by atoms with Crippen molar-refractivity contribution in [3.63, 3.8) is 0 Å². The van der Waals surface area contributed by atoms with Gasteiger partial charge >= 0.3 is 0 Å². The van der Waals surface area contributed by atoms with Crippen LogP contribution in [0.1, 0.15) is 17.4 Å². The molecule has 0 saturated carbocycles. The third-order valence-corrected chi connectivity index (χ3v) is 1.79. The molecule has 1 rings (SSSR count). The standard InChI is InChI=1S/C9H10N2O3/c10-4-6-2-1-3-11-8(6)9(14)7(13)5-12/h1-3,7,9,12-14H,5H2. The molecule has 0 aliphatic heterocycles. The van der Waals surface area contributed by atoms with E-state index in [1.807, 2.05) is 6.07 Å². The summed E-state index contributed by atoms with van der Waals surface area (Å²) in [6.07, 6.45) is -1.25. The fourth-order valence-corrected chi connectivity index (χ4v) is 1.03. The Hall–Kier alpha value is -1.48. The number of nitriles is 1. The number of aliphatic hydroxyl groups excluding tert-OH is 3. The number of nitrogens with zero attached hydrogens (tertiary/aromatic N) is 2. The van der Waals surface area contributed by atoms with Crippen molar-refractivity contribution in [1.82, 2.24) is 4.98 Å². The zero-order valence-electron chi connectivity index (χ0n) is 7.33. The molecule has 0 spiro atoms. The van der Waals surface area contributed by atoms with Gasteiger partial charge in [0.1, 0.15) is 18.3 Å². The van der Waals surface area contributed by atoms with Gasteiger partial charge in [0.05, 0.1) is 17.9 Å². The predicted molar refractivity (Wildman–Crippen MR) is 47.0 cm³/mol. The summed E-state index contributed by atoms with van der Waals surface area (Å²) in [5.74, 6) is 0. The van der Waals surface area contributed by atoms with E-state index in [1.165, 1.54) is 12.3 Å². The molecule has 2 unspecified atom stereocenters. The SMILES string of the molecule is N#Cc1cccnc1C(O)C(O)CO. The van der Waals surface area contributed by atoms with E-state index in [1.54, 1.807) is 6.07 Å². The van der Waals surface area contributed by atoms with Gasteiger partial charge in [0.25, 0.3) is 0 Å². The van der Waals surface area contributed by atoms with Gasteiger partial charge < -0.3 is 15.3 Å². The van der Waals surface area contributed by atoms with Gasteiger partial charge in [-0.05, 0) is 12.1 Å². The zero-order valence-corrected chi connectivity index (χ0v) is 7.33. The van der Waals surface area contributed by atoms with E-state index in [9.17, 15) is 5.11 Å². The Morgan fingerprint density at radius 2 is 2.21 bits per heavy atom. The quantitative estimate of drug-likeness (QED) is 0.593. The first-order chi connectivity index (χ1) is 6.70. The van der Waals surface area contributed by atoms with Gasteiger partial charge in [-0.15, -0.1) is 0 Å². The summed E-state index contributed by atoms with van der Waals surface area (Å²) < 4.78 is 0. The van der Waals surface area contributed by atoms with Crippen molar-refractivity contribution in [2.75, 3.05) is 6.61 Å². The second-order valence-electron chi connectivity index (χ2n) is 2.74. The van der Waals surface area contributed by atoms with Gasteiger partial charge in [-0.1, -0.05) is 0 Å². The van der Waals surface area contributed by atoms with E-state index in [2.05, 4.69) is 4.98 Å². The number of pyridine rings is 1. The van der Waals surface area contributed by atoms with Crippen LogP contribution in [0.3, 0.4) is 0 Å². The van der Waals surface area contributed by atoms with E-state index in [4.69, 9.17) is 15.5 Å². The fourth-order valence-electron chi connectivity index (χ4n) is 1.03. The number of hydrogen-bond donors (Lipinski definition) is 3. The van der Waals surface area contributed by atoms with E-state index in [0.717, 1.165) is 0 Å². The van der Waals surface area contributed by atoms with Crippen LogP contribution in [0.2, 0.25) is 0 Å². The maximum absolute atomic E-state index is 9.48. The van der Waals surface area contributed by atoms with Crippen LogP contribution >= 0.6 is 0 Å². The summed E-state index contributed by atoms with van der Waals surface area (Å²) in [5, 5.41) is 35.9. The monoisotopic (exact) mass is 194 g/mol. The van der Waals surface area contributed by atoms with Crippen molar-refractivity contribution >= 4 is 0 Å². The number of aromatic nitrogens is 1. The van der Waals surface area contributed by atoms with Crippen LogP contribution in [-0.2, 0) is 0 Å². The van der Waals surface area contributed by atoms with Crippen LogP contribution in [0.4, 0.5) is 0 Å². The highest BCUT2D eigenvalue weighted by Gasteiger charge is 2.21. The molecule has 14 heavy (non-hydrogen) atoms. The van der Waals surface area contributed by atoms with Crippen LogP contribution in [-0.4, -0.2) is 33.0 Å². The van der Waals surface area contributed by atoms with Crippen LogP contribution < -0.4 is 0 Å². The topological polar surface area (TPSA) is 97.4 Å². The normalized spacial score (nSPS) is 14.4. The molecule has 0 fully saturated rings. The average molecular weight is 194 g/mol. The second kappa shape index (κ2) is 4.67. The lowest BCUT2D eigenvalue weighted by Crippen LogP contribution is -2.23. The van der Waals surface area contributed by atoms with Crippen molar-refractivity contribution < 1.29 is 15.3 Å². The maximum Gasteiger partial charge on any atom is 0.125 e. The molecule has 0 aliphatic carbocycles. The number of aliphatic hydroxyl groups is 3. The number of rotatable bonds is 3. The Balaban J connectivity index is 3.01. The minimum Gasteiger partial charge on any atom is -0.394 e. The largest absolute Gasteiger partial charge is 0.394 e. The van der Waals surface area contributed by atoms with E-state index in [-0.39, 0.29) is 11.3 Å². The Kier molecular flexibility index (Phi) is 3.54. The Labute approximate surface area is 80.9 Å². The third-order valence-electron chi connectivity index (χ3n) is 1.79. The minimum atomic E-state index is -1.34. The molecule has 2 atom stereocenters. The van der Waals surface area contributed by atoms with Crippen molar-refractivity contribution in [2.45, 2.75) is 12.2 Å². The molecule has 1 aromatic heterocycles. The van der Waals surface area contributed by atoms with Gasteiger partial charge in [0.2, 0.25) is 0 Å². The van der Waals surface area contributed by atoms with Crippen LogP contribution in [0.15, 0.2) is 18.3 Å². The maximum atomic E-state index is 9.48. The van der Waals surface area contributed by atoms with Gasteiger partial charge in [-0.25, -0.2) is 0 Å². The second-order valence-corrected chi connectivity index (χ2v) is 2.74. The lowest BCUT2D eigenvalue weighted by atomic mass is 10.1. The Morgan fingerprint density at radius 1 is 1.50 bits per heavy atom. The van der Waals surface area contributed by atoms with E-state index < -0.39 is 18.8 Å². The van der Waals surface area contributed by atoms with Crippen molar-refractivity contribution in [2.24, 2.45) is 0 Å². The lowest BCUT2D eigenvalue weighted by Gasteiger charge is -2.15. The molecule has 0 aliphatic rings. The molecular formula is C9H10N2O3. The van der Waals surface area contributed by atoms with Crippen molar-refractivity contribution in [3.05, 3.63) is 29.6 Å². The summed E-state index contributed by atoms with van der Waals surface area (Å²) >= 11 is 0. The molecule has 0 aromatic carbocycles. The van der Waals surface area contributed by atoms with Crippen LogP contribution in [0.25, 0.3) is 0 Å². The predicted octanol–water partition coefficient (Wildman–Crippen LogP) is -0.660. The summed E-state index contributed by atoms with van der Waals surface area (Å²) in [6.45, 7) is -0.581. The molecular weight excluding hydrogens is 184 g/mol. The van der Waals surface area contributed by atoms with Gasteiger partial charge in [-0.2, -0.15) is 5.26 Å². The average Bonchev–Trinajstić information content (AvgIpc) is 2.26. The van der Waals surface area contributed by atoms with Gasteiger partial charge in [0.15, 0.2) is 0 Å². The first-order valence-corrected chi connectivity index (χ1v) is 4.02. The molecule has 1 aromatic rings. The first kappa shape index (κ1) is 10.6. The molecule has 0 saturated heterocycles. The highest BCUT2D eigenvalue weighted by Crippen LogP contribution is 2.17. The molecule has 1 heterocycles. The van der Waals surface area contributed by atoms with E-state index >= 15 is 0 Å². The molecule has 0 bridgehead atoms. The smallest absolute Gasteiger partial charge is 0.125 e.